The maximum atomic E-state index is 12.1. The lowest BCUT2D eigenvalue weighted by atomic mass is 10.1. The summed E-state index contributed by atoms with van der Waals surface area (Å²) in [4.78, 5) is 14.3. The second-order valence-electron chi connectivity index (χ2n) is 7.66. The van der Waals surface area contributed by atoms with Gasteiger partial charge in [-0.1, -0.05) is 65.7 Å². The van der Waals surface area contributed by atoms with Crippen molar-refractivity contribution in [2.24, 2.45) is 5.10 Å². The summed E-state index contributed by atoms with van der Waals surface area (Å²) in [6.07, 6.45) is 1.65. The average molecular weight is 420 g/mol. The Morgan fingerprint density at radius 3 is 1.66 bits per heavy atom. The molecular formula is C28H25N3O. The average Bonchev–Trinajstić information content (AvgIpc) is 2.83. The number of aryl methyl sites for hydroxylation is 2. The number of hydrogen-bond donors (Lipinski definition) is 1. The third kappa shape index (κ3) is 5.10. The largest absolute Gasteiger partial charge is 0.311 e. The van der Waals surface area contributed by atoms with E-state index in [2.05, 4.69) is 89.9 Å². The lowest BCUT2D eigenvalue weighted by molar-refractivity contribution is 0.0955. The zero-order valence-electron chi connectivity index (χ0n) is 18.2. The van der Waals surface area contributed by atoms with E-state index >= 15 is 0 Å². The quantitative estimate of drug-likeness (QED) is 0.285. The molecule has 0 aromatic heterocycles. The molecule has 4 heteroatoms. The Labute approximate surface area is 188 Å². The highest BCUT2D eigenvalue weighted by atomic mass is 16.2. The van der Waals surface area contributed by atoms with Gasteiger partial charge in [0.2, 0.25) is 0 Å². The van der Waals surface area contributed by atoms with E-state index in [4.69, 9.17) is 0 Å². The normalized spacial score (nSPS) is 10.8. The first kappa shape index (κ1) is 21.1. The summed E-state index contributed by atoms with van der Waals surface area (Å²) in [6.45, 7) is 4.18. The van der Waals surface area contributed by atoms with Crippen molar-refractivity contribution in [2.45, 2.75) is 13.8 Å². The second kappa shape index (κ2) is 9.75. The van der Waals surface area contributed by atoms with Crippen LogP contribution in [0.15, 0.2) is 108 Å². The highest BCUT2D eigenvalue weighted by molar-refractivity contribution is 5.94. The molecule has 32 heavy (non-hydrogen) atoms. The van der Waals surface area contributed by atoms with E-state index in [-0.39, 0.29) is 5.91 Å². The SMILES string of the molecule is Cc1ccc(N(c2ccc(C)cc2)c2ccc(/C=N/NC(=O)c3ccccc3)cc2)cc1. The summed E-state index contributed by atoms with van der Waals surface area (Å²) < 4.78 is 0. The molecule has 1 amide bonds. The summed E-state index contributed by atoms with van der Waals surface area (Å²) in [7, 11) is 0. The first-order valence-corrected chi connectivity index (χ1v) is 10.5. The Morgan fingerprint density at radius 2 is 1.16 bits per heavy atom. The van der Waals surface area contributed by atoms with E-state index in [0.717, 1.165) is 22.6 Å². The van der Waals surface area contributed by atoms with Crippen molar-refractivity contribution in [3.8, 4) is 0 Å². The van der Waals surface area contributed by atoms with E-state index in [0.29, 0.717) is 5.56 Å². The van der Waals surface area contributed by atoms with Crippen LogP contribution in [0, 0.1) is 13.8 Å². The van der Waals surface area contributed by atoms with Gasteiger partial charge in [0.15, 0.2) is 0 Å². The molecule has 4 rings (SSSR count). The lowest BCUT2D eigenvalue weighted by Crippen LogP contribution is -2.17. The maximum Gasteiger partial charge on any atom is 0.271 e. The molecule has 0 atom stereocenters. The van der Waals surface area contributed by atoms with Gasteiger partial charge in [0.1, 0.15) is 0 Å². The number of hydrogen-bond acceptors (Lipinski definition) is 3. The minimum Gasteiger partial charge on any atom is -0.311 e. The first-order valence-electron chi connectivity index (χ1n) is 10.5. The van der Waals surface area contributed by atoms with Crippen molar-refractivity contribution < 1.29 is 4.79 Å². The van der Waals surface area contributed by atoms with Crippen LogP contribution in [0.5, 0.6) is 0 Å². The minimum absolute atomic E-state index is 0.233. The van der Waals surface area contributed by atoms with Gasteiger partial charge in [0, 0.05) is 22.6 Å². The lowest BCUT2D eigenvalue weighted by Gasteiger charge is -2.25. The molecule has 0 saturated carbocycles. The summed E-state index contributed by atoms with van der Waals surface area (Å²) in [5, 5.41) is 4.09. The molecule has 0 bridgehead atoms. The first-order chi connectivity index (χ1) is 15.6. The predicted molar refractivity (Wildman–Crippen MR) is 132 cm³/mol. The van der Waals surface area contributed by atoms with E-state index < -0.39 is 0 Å². The van der Waals surface area contributed by atoms with Gasteiger partial charge in [0.25, 0.3) is 5.91 Å². The Morgan fingerprint density at radius 1 is 0.688 bits per heavy atom. The van der Waals surface area contributed by atoms with Crippen molar-refractivity contribution in [3.63, 3.8) is 0 Å². The van der Waals surface area contributed by atoms with Crippen LogP contribution < -0.4 is 10.3 Å². The fourth-order valence-electron chi connectivity index (χ4n) is 3.36. The van der Waals surface area contributed by atoms with Crippen LogP contribution in [0.25, 0.3) is 0 Å². The highest BCUT2D eigenvalue weighted by Gasteiger charge is 2.12. The predicted octanol–water partition coefficient (Wildman–Crippen LogP) is 6.54. The van der Waals surface area contributed by atoms with Crippen LogP contribution in [0.2, 0.25) is 0 Å². The zero-order valence-corrected chi connectivity index (χ0v) is 18.2. The zero-order chi connectivity index (χ0) is 22.3. The number of carbonyl (C=O) groups is 1. The molecule has 4 nitrogen and oxygen atoms in total. The van der Waals surface area contributed by atoms with Gasteiger partial charge in [-0.25, -0.2) is 5.43 Å². The Hall–Kier alpha value is -4.18. The van der Waals surface area contributed by atoms with Gasteiger partial charge >= 0.3 is 0 Å². The van der Waals surface area contributed by atoms with Crippen molar-refractivity contribution >= 4 is 29.2 Å². The highest BCUT2D eigenvalue weighted by Crippen LogP contribution is 2.34. The third-order valence-electron chi connectivity index (χ3n) is 5.15. The second-order valence-corrected chi connectivity index (χ2v) is 7.66. The number of hydrazone groups is 1. The number of carbonyl (C=O) groups excluding carboxylic acids is 1. The fourth-order valence-corrected chi connectivity index (χ4v) is 3.36. The van der Waals surface area contributed by atoms with Gasteiger partial charge in [-0.05, 0) is 67.9 Å². The van der Waals surface area contributed by atoms with Crippen molar-refractivity contribution in [1.29, 1.82) is 0 Å². The van der Waals surface area contributed by atoms with E-state index in [1.165, 1.54) is 11.1 Å². The van der Waals surface area contributed by atoms with Crippen LogP contribution in [0.1, 0.15) is 27.0 Å². The molecule has 4 aromatic rings. The van der Waals surface area contributed by atoms with Crippen molar-refractivity contribution in [3.05, 3.63) is 125 Å². The van der Waals surface area contributed by atoms with E-state index in [1.54, 1.807) is 18.3 Å². The minimum atomic E-state index is -0.233. The van der Waals surface area contributed by atoms with E-state index in [1.807, 2.05) is 30.3 Å². The molecule has 0 spiro atoms. The van der Waals surface area contributed by atoms with Gasteiger partial charge in [-0.3, -0.25) is 4.79 Å². The number of rotatable bonds is 6. The van der Waals surface area contributed by atoms with Crippen molar-refractivity contribution in [1.82, 2.24) is 5.43 Å². The van der Waals surface area contributed by atoms with Crippen LogP contribution in [0.3, 0.4) is 0 Å². The summed E-state index contributed by atoms with van der Waals surface area (Å²) in [5.74, 6) is -0.233. The molecule has 0 aliphatic rings. The van der Waals surface area contributed by atoms with Crippen molar-refractivity contribution in [2.75, 3.05) is 4.90 Å². The van der Waals surface area contributed by atoms with Crippen LogP contribution in [0.4, 0.5) is 17.1 Å². The van der Waals surface area contributed by atoms with Crippen LogP contribution >= 0.6 is 0 Å². The Kier molecular flexibility index (Phi) is 6.42. The summed E-state index contributed by atoms with van der Waals surface area (Å²) >= 11 is 0. The Bertz CT molecular complexity index is 1150. The molecule has 0 radical (unpaired) electrons. The number of amides is 1. The molecule has 4 aromatic carbocycles. The van der Waals surface area contributed by atoms with Gasteiger partial charge < -0.3 is 4.90 Å². The maximum absolute atomic E-state index is 12.1. The third-order valence-corrected chi connectivity index (χ3v) is 5.15. The van der Waals surface area contributed by atoms with Crippen LogP contribution in [-0.2, 0) is 0 Å². The molecule has 0 fully saturated rings. The molecule has 1 N–H and O–H groups in total. The molecular weight excluding hydrogens is 394 g/mol. The monoisotopic (exact) mass is 419 g/mol. The van der Waals surface area contributed by atoms with Gasteiger partial charge in [-0.15, -0.1) is 0 Å². The van der Waals surface area contributed by atoms with Gasteiger partial charge in [0.05, 0.1) is 6.21 Å². The number of nitrogens with one attached hydrogen (secondary N) is 1. The summed E-state index contributed by atoms with van der Waals surface area (Å²) in [6, 6.07) is 34.1. The molecule has 0 unspecified atom stereocenters. The molecule has 158 valence electrons. The fraction of sp³-hybridized carbons (Fsp3) is 0.0714. The number of nitrogens with zero attached hydrogens (tertiary/aromatic N) is 2. The standard InChI is InChI=1S/C28H25N3O/c1-21-8-14-25(15-9-21)31(26-16-10-22(2)11-17-26)27-18-12-23(13-19-27)20-29-30-28(32)24-6-4-3-5-7-24/h3-20H,1-2H3,(H,30,32)/b29-20+. The van der Waals surface area contributed by atoms with Crippen LogP contribution in [-0.4, -0.2) is 12.1 Å². The molecule has 0 saturated heterocycles. The smallest absolute Gasteiger partial charge is 0.271 e. The topological polar surface area (TPSA) is 44.7 Å². The molecule has 0 heterocycles. The number of anilines is 3. The summed E-state index contributed by atoms with van der Waals surface area (Å²) in [5.41, 5.74) is 9.72. The Balaban J connectivity index is 1.54. The van der Waals surface area contributed by atoms with Gasteiger partial charge in [-0.2, -0.15) is 5.10 Å². The number of benzene rings is 4. The molecule has 0 aliphatic heterocycles. The van der Waals surface area contributed by atoms with E-state index in [9.17, 15) is 4.79 Å². The molecule has 0 aliphatic carbocycles.